The maximum atomic E-state index is 13.0. The molecule has 2 saturated heterocycles. The van der Waals surface area contributed by atoms with Crippen LogP contribution in [0, 0.1) is 5.82 Å². The molecule has 0 amide bonds. The van der Waals surface area contributed by atoms with Crippen LogP contribution in [0.25, 0.3) is 0 Å². The number of carboxylic acids is 1. The van der Waals surface area contributed by atoms with Crippen LogP contribution in [-0.4, -0.2) is 80.0 Å². The van der Waals surface area contributed by atoms with E-state index in [9.17, 15) is 22.7 Å². The molecule has 10 heteroatoms. The fraction of sp³-hybridized carbons (Fsp3) is 0.533. The molecule has 138 valence electrons. The minimum Gasteiger partial charge on any atom is -0.480 e. The zero-order valence-electron chi connectivity index (χ0n) is 13.6. The highest BCUT2D eigenvalue weighted by atomic mass is 32.2. The van der Waals surface area contributed by atoms with Crippen LogP contribution in [0.15, 0.2) is 24.3 Å². The number of nitrogens with zero attached hydrogens (tertiary/aromatic N) is 3. The van der Waals surface area contributed by atoms with Gasteiger partial charge in [0.1, 0.15) is 11.9 Å². The molecule has 3 rings (SSSR count). The summed E-state index contributed by atoms with van der Waals surface area (Å²) in [5, 5.41) is 12.2. The molecule has 2 aliphatic rings. The van der Waals surface area contributed by atoms with Crippen molar-refractivity contribution >= 4 is 21.9 Å². The third kappa shape index (κ3) is 3.76. The third-order valence-corrected chi connectivity index (χ3v) is 6.58. The van der Waals surface area contributed by atoms with E-state index in [0.29, 0.717) is 19.6 Å². The first-order chi connectivity index (χ1) is 11.9. The van der Waals surface area contributed by atoms with Gasteiger partial charge >= 0.3 is 5.97 Å². The van der Waals surface area contributed by atoms with Gasteiger partial charge in [0.05, 0.1) is 0 Å². The number of hydrogen-bond acceptors (Lipinski definition) is 5. The minimum atomic E-state index is -3.83. The van der Waals surface area contributed by atoms with Gasteiger partial charge in [-0.15, -0.1) is 0 Å². The molecule has 8 nitrogen and oxygen atoms in total. The monoisotopic (exact) mass is 372 g/mol. The first-order valence-corrected chi connectivity index (χ1v) is 9.50. The highest BCUT2D eigenvalue weighted by Crippen LogP contribution is 2.21. The molecular formula is C15H21FN4O4S. The van der Waals surface area contributed by atoms with Crippen molar-refractivity contribution in [1.82, 2.24) is 13.9 Å². The summed E-state index contributed by atoms with van der Waals surface area (Å²) < 4.78 is 41.1. The number of carboxylic acid groups (broad SMARTS) is 1. The molecule has 0 radical (unpaired) electrons. The SMILES string of the molecule is O=C(O)C1CNCCN1S(=O)(=O)N1CCN(c2ccc(F)cc2)CC1. The van der Waals surface area contributed by atoms with Gasteiger partial charge in [0.2, 0.25) is 0 Å². The van der Waals surface area contributed by atoms with Crippen LogP contribution in [0.3, 0.4) is 0 Å². The van der Waals surface area contributed by atoms with E-state index in [1.54, 1.807) is 12.1 Å². The number of halogens is 1. The van der Waals surface area contributed by atoms with Crippen molar-refractivity contribution in [3.63, 3.8) is 0 Å². The quantitative estimate of drug-likeness (QED) is 0.744. The smallest absolute Gasteiger partial charge is 0.323 e. The van der Waals surface area contributed by atoms with E-state index >= 15 is 0 Å². The zero-order valence-corrected chi connectivity index (χ0v) is 14.5. The Morgan fingerprint density at radius 3 is 2.36 bits per heavy atom. The maximum Gasteiger partial charge on any atom is 0.323 e. The van der Waals surface area contributed by atoms with Gasteiger partial charge in [-0.3, -0.25) is 4.79 Å². The Morgan fingerprint density at radius 1 is 1.12 bits per heavy atom. The number of aliphatic carboxylic acids is 1. The summed E-state index contributed by atoms with van der Waals surface area (Å²) in [6.45, 7) is 2.12. The second kappa shape index (κ2) is 7.24. The Kier molecular flexibility index (Phi) is 5.23. The van der Waals surface area contributed by atoms with Crippen molar-refractivity contribution in [1.29, 1.82) is 0 Å². The average Bonchev–Trinajstić information content (AvgIpc) is 2.62. The first-order valence-electron chi connectivity index (χ1n) is 8.10. The lowest BCUT2D eigenvalue weighted by molar-refractivity contribution is -0.141. The van der Waals surface area contributed by atoms with Gasteiger partial charge in [0.15, 0.2) is 0 Å². The summed E-state index contributed by atoms with van der Waals surface area (Å²) in [6, 6.07) is 4.98. The average molecular weight is 372 g/mol. The molecule has 2 N–H and O–H groups in total. The van der Waals surface area contributed by atoms with E-state index in [4.69, 9.17) is 0 Å². The molecule has 1 atom stereocenters. The highest BCUT2D eigenvalue weighted by molar-refractivity contribution is 7.86. The highest BCUT2D eigenvalue weighted by Gasteiger charge is 2.40. The Hall–Kier alpha value is -1.75. The molecule has 0 aliphatic carbocycles. The first kappa shape index (κ1) is 18.1. The normalized spacial score (nSPS) is 23.6. The van der Waals surface area contributed by atoms with Gasteiger partial charge in [-0.2, -0.15) is 17.0 Å². The van der Waals surface area contributed by atoms with E-state index in [-0.39, 0.29) is 32.0 Å². The van der Waals surface area contributed by atoms with Crippen LogP contribution in [0.1, 0.15) is 0 Å². The van der Waals surface area contributed by atoms with Gasteiger partial charge in [-0.05, 0) is 24.3 Å². The summed E-state index contributed by atoms with van der Waals surface area (Å²) in [4.78, 5) is 13.3. The number of piperazine rings is 2. The molecule has 25 heavy (non-hydrogen) atoms. The Balaban J connectivity index is 1.68. The maximum absolute atomic E-state index is 13.0. The molecule has 2 heterocycles. The Bertz CT molecular complexity index is 720. The van der Waals surface area contributed by atoms with Crippen LogP contribution >= 0.6 is 0 Å². The number of carbonyl (C=O) groups is 1. The molecule has 1 aromatic rings. The standard InChI is InChI=1S/C15H21FN4O4S/c16-12-1-3-13(4-2-12)18-7-9-19(10-8-18)25(23,24)20-6-5-17-11-14(20)15(21)22/h1-4,14,17H,5-11H2,(H,21,22). The summed E-state index contributed by atoms with van der Waals surface area (Å²) in [5.74, 6) is -1.47. The van der Waals surface area contributed by atoms with Gasteiger partial charge < -0.3 is 15.3 Å². The molecule has 0 spiro atoms. The molecule has 2 fully saturated rings. The predicted octanol–water partition coefficient (Wildman–Crippen LogP) is -0.449. The number of benzene rings is 1. The lowest BCUT2D eigenvalue weighted by Crippen LogP contribution is -2.62. The Labute approximate surface area is 146 Å². The lowest BCUT2D eigenvalue weighted by Gasteiger charge is -2.40. The largest absolute Gasteiger partial charge is 0.480 e. The molecule has 0 aromatic heterocycles. The van der Waals surface area contributed by atoms with E-state index < -0.39 is 22.2 Å². The number of nitrogens with one attached hydrogen (secondary N) is 1. The van der Waals surface area contributed by atoms with Crippen LogP contribution < -0.4 is 10.2 Å². The van der Waals surface area contributed by atoms with Crippen LogP contribution in [0.4, 0.5) is 10.1 Å². The van der Waals surface area contributed by atoms with Gasteiger partial charge in [0, 0.05) is 51.5 Å². The van der Waals surface area contributed by atoms with Crippen molar-refractivity contribution in [3.05, 3.63) is 30.1 Å². The van der Waals surface area contributed by atoms with Crippen molar-refractivity contribution < 1.29 is 22.7 Å². The molecule has 0 bridgehead atoms. The van der Waals surface area contributed by atoms with E-state index in [1.807, 2.05) is 4.90 Å². The van der Waals surface area contributed by atoms with Crippen LogP contribution in [-0.2, 0) is 15.0 Å². The molecule has 1 aromatic carbocycles. The van der Waals surface area contributed by atoms with Crippen molar-refractivity contribution in [2.45, 2.75) is 6.04 Å². The van der Waals surface area contributed by atoms with E-state index in [0.717, 1.165) is 9.99 Å². The van der Waals surface area contributed by atoms with Gasteiger partial charge in [-0.25, -0.2) is 4.39 Å². The van der Waals surface area contributed by atoms with Crippen molar-refractivity contribution in [2.75, 3.05) is 50.7 Å². The van der Waals surface area contributed by atoms with Gasteiger partial charge in [0.25, 0.3) is 10.2 Å². The second-order valence-corrected chi connectivity index (χ2v) is 7.92. The topological polar surface area (TPSA) is 93.2 Å². The fourth-order valence-corrected chi connectivity index (χ4v) is 4.88. The number of hydrogen-bond donors (Lipinski definition) is 2. The summed E-state index contributed by atoms with van der Waals surface area (Å²) >= 11 is 0. The number of rotatable bonds is 4. The van der Waals surface area contributed by atoms with Crippen molar-refractivity contribution in [2.24, 2.45) is 0 Å². The summed E-state index contributed by atoms with van der Waals surface area (Å²) in [7, 11) is -3.83. The summed E-state index contributed by atoms with van der Waals surface area (Å²) in [6.07, 6.45) is 0. The molecule has 0 saturated carbocycles. The lowest BCUT2D eigenvalue weighted by atomic mass is 10.2. The predicted molar refractivity (Wildman–Crippen MR) is 90.1 cm³/mol. The Morgan fingerprint density at radius 2 is 1.76 bits per heavy atom. The molecular weight excluding hydrogens is 351 g/mol. The van der Waals surface area contributed by atoms with E-state index in [1.165, 1.54) is 16.4 Å². The third-order valence-electron chi connectivity index (χ3n) is 4.53. The van der Waals surface area contributed by atoms with Crippen LogP contribution in [0.2, 0.25) is 0 Å². The minimum absolute atomic E-state index is 0.101. The van der Waals surface area contributed by atoms with E-state index in [2.05, 4.69) is 5.32 Å². The van der Waals surface area contributed by atoms with Crippen molar-refractivity contribution in [3.8, 4) is 0 Å². The summed E-state index contributed by atoms with van der Waals surface area (Å²) in [5.41, 5.74) is 0.837. The fourth-order valence-electron chi connectivity index (χ4n) is 3.15. The van der Waals surface area contributed by atoms with Crippen LogP contribution in [0.5, 0.6) is 0 Å². The second-order valence-electron chi connectivity index (χ2n) is 6.04. The van der Waals surface area contributed by atoms with Gasteiger partial charge in [-0.1, -0.05) is 0 Å². The molecule has 2 aliphatic heterocycles. The zero-order chi connectivity index (χ0) is 18.0. The molecule has 1 unspecified atom stereocenters. The number of anilines is 1.